The van der Waals surface area contributed by atoms with Crippen LogP contribution in [0.4, 0.5) is 5.82 Å². The van der Waals surface area contributed by atoms with E-state index in [1.807, 2.05) is 6.07 Å². The molecule has 1 aromatic heterocycles. The van der Waals surface area contributed by atoms with Crippen LogP contribution in [0.3, 0.4) is 0 Å². The summed E-state index contributed by atoms with van der Waals surface area (Å²) in [6.07, 6.45) is 8.16. The molecule has 21 heavy (non-hydrogen) atoms. The third-order valence-electron chi connectivity index (χ3n) is 4.12. The Morgan fingerprint density at radius 3 is 2.71 bits per heavy atom. The summed E-state index contributed by atoms with van der Waals surface area (Å²) in [6, 6.07) is 2.48. The molecule has 1 N–H and O–H groups in total. The standard InChI is InChI=1S/C17H29N3O/c1-4-8-15-19-16(12-17(20-15)21-11-5-2)18-14-10-7-6-9-13(14)3/h12-14H,4-11H2,1-3H3,(H,18,19,20). The van der Waals surface area contributed by atoms with E-state index in [-0.39, 0.29) is 0 Å². The summed E-state index contributed by atoms with van der Waals surface area (Å²) in [5, 5.41) is 3.62. The van der Waals surface area contributed by atoms with Gasteiger partial charge in [0.15, 0.2) is 0 Å². The van der Waals surface area contributed by atoms with E-state index in [1.54, 1.807) is 0 Å². The zero-order chi connectivity index (χ0) is 15.1. The number of hydrogen-bond donors (Lipinski definition) is 1. The second-order valence-corrected chi connectivity index (χ2v) is 6.12. The molecule has 0 amide bonds. The first-order valence-electron chi connectivity index (χ1n) is 8.50. The molecule has 2 atom stereocenters. The first-order valence-corrected chi connectivity index (χ1v) is 8.50. The van der Waals surface area contributed by atoms with Gasteiger partial charge < -0.3 is 10.1 Å². The van der Waals surface area contributed by atoms with E-state index in [0.29, 0.717) is 24.4 Å². The Kier molecular flexibility index (Phi) is 6.27. The van der Waals surface area contributed by atoms with Gasteiger partial charge in [-0.25, -0.2) is 4.98 Å². The zero-order valence-electron chi connectivity index (χ0n) is 13.7. The van der Waals surface area contributed by atoms with E-state index in [2.05, 4.69) is 36.1 Å². The van der Waals surface area contributed by atoms with Crippen molar-refractivity contribution < 1.29 is 4.74 Å². The van der Waals surface area contributed by atoms with Gasteiger partial charge in [0.05, 0.1) is 6.61 Å². The van der Waals surface area contributed by atoms with Crippen molar-refractivity contribution in [3.63, 3.8) is 0 Å². The number of nitrogens with one attached hydrogen (secondary N) is 1. The molecule has 4 heteroatoms. The highest BCUT2D eigenvalue weighted by Gasteiger charge is 2.21. The van der Waals surface area contributed by atoms with E-state index >= 15 is 0 Å². The Morgan fingerprint density at radius 2 is 2.00 bits per heavy atom. The van der Waals surface area contributed by atoms with Crippen LogP contribution in [0.15, 0.2) is 6.07 Å². The van der Waals surface area contributed by atoms with Gasteiger partial charge in [0, 0.05) is 18.5 Å². The summed E-state index contributed by atoms with van der Waals surface area (Å²) >= 11 is 0. The molecule has 1 aromatic rings. The summed E-state index contributed by atoms with van der Waals surface area (Å²) in [7, 11) is 0. The van der Waals surface area contributed by atoms with Gasteiger partial charge in [-0.1, -0.05) is 33.6 Å². The molecule has 4 nitrogen and oxygen atoms in total. The summed E-state index contributed by atoms with van der Waals surface area (Å²) in [4.78, 5) is 9.16. The molecule has 1 saturated carbocycles. The van der Waals surface area contributed by atoms with Gasteiger partial charge in [-0.2, -0.15) is 4.98 Å². The zero-order valence-corrected chi connectivity index (χ0v) is 13.7. The quantitative estimate of drug-likeness (QED) is 0.817. The van der Waals surface area contributed by atoms with Gasteiger partial charge in [-0.3, -0.25) is 0 Å². The van der Waals surface area contributed by atoms with Crippen molar-refractivity contribution in [3.05, 3.63) is 11.9 Å². The molecule has 0 saturated heterocycles. The van der Waals surface area contributed by atoms with Crippen LogP contribution < -0.4 is 10.1 Å². The lowest BCUT2D eigenvalue weighted by Gasteiger charge is -2.30. The van der Waals surface area contributed by atoms with Crippen LogP contribution in [0.25, 0.3) is 0 Å². The predicted octanol–water partition coefficient (Wildman–Crippen LogP) is 4.21. The molecule has 0 aliphatic heterocycles. The predicted molar refractivity (Wildman–Crippen MR) is 86.9 cm³/mol. The van der Waals surface area contributed by atoms with E-state index in [9.17, 15) is 0 Å². The Balaban J connectivity index is 2.10. The molecular formula is C17H29N3O. The monoisotopic (exact) mass is 291 g/mol. The Hall–Kier alpha value is -1.32. The number of hydrogen-bond acceptors (Lipinski definition) is 4. The second-order valence-electron chi connectivity index (χ2n) is 6.12. The molecule has 0 aromatic carbocycles. The first-order chi connectivity index (χ1) is 10.2. The Bertz CT molecular complexity index is 436. The molecule has 2 rings (SSSR count). The van der Waals surface area contributed by atoms with Gasteiger partial charge in [-0.15, -0.1) is 0 Å². The van der Waals surface area contributed by atoms with Gasteiger partial charge in [0.25, 0.3) is 0 Å². The molecule has 1 aliphatic carbocycles. The molecule has 1 fully saturated rings. The van der Waals surface area contributed by atoms with Gasteiger partial charge in [0.2, 0.25) is 5.88 Å². The smallest absolute Gasteiger partial charge is 0.218 e. The summed E-state index contributed by atoms with van der Waals surface area (Å²) in [6.45, 7) is 7.30. The third-order valence-corrected chi connectivity index (χ3v) is 4.12. The number of nitrogens with zero attached hydrogens (tertiary/aromatic N) is 2. The van der Waals surface area contributed by atoms with Crippen molar-refractivity contribution in [1.82, 2.24) is 9.97 Å². The summed E-state index contributed by atoms with van der Waals surface area (Å²) in [5.41, 5.74) is 0. The number of rotatable bonds is 7. The molecule has 2 unspecified atom stereocenters. The highest BCUT2D eigenvalue weighted by molar-refractivity contribution is 5.39. The number of aryl methyl sites for hydroxylation is 1. The lowest BCUT2D eigenvalue weighted by atomic mass is 9.86. The maximum Gasteiger partial charge on any atom is 0.218 e. The molecule has 0 spiro atoms. The fraction of sp³-hybridized carbons (Fsp3) is 0.765. The number of aromatic nitrogens is 2. The minimum atomic E-state index is 0.530. The summed E-state index contributed by atoms with van der Waals surface area (Å²) < 4.78 is 5.71. The highest BCUT2D eigenvalue weighted by Crippen LogP contribution is 2.27. The van der Waals surface area contributed by atoms with Crippen molar-refractivity contribution in [1.29, 1.82) is 0 Å². The van der Waals surface area contributed by atoms with E-state index in [1.165, 1.54) is 25.7 Å². The van der Waals surface area contributed by atoms with E-state index in [4.69, 9.17) is 4.74 Å². The third kappa shape index (κ3) is 4.87. The lowest BCUT2D eigenvalue weighted by molar-refractivity contribution is 0.303. The average Bonchev–Trinajstić information content (AvgIpc) is 2.48. The molecule has 0 bridgehead atoms. The fourth-order valence-corrected chi connectivity index (χ4v) is 2.88. The van der Waals surface area contributed by atoms with Crippen LogP contribution in [-0.4, -0.2) is 22.6 Å². The Morgan fingerprint density at radius 1 is 1.19 bits per heavy atom. The second kappa shape index (κ2) is 8.20. The first kappa shape index (κ1) is 16.1. The lowest BCUT2D eigenvalue weighted by Crippen LogP contribution is -2.30. The van der Waals surface area contributed by atoms with Crippen LogP contribution in [-0.2, 0) is 6.42 Å². The van der Waals surface area contributed by atoms with Crippen LogP contribution in [0, 0.1) is 5.92 Å². The van der Waals surface area contributed by atoms with E-state index < -0.39 is 0 Å². The van der Waals surface area contributed by atoms with E-state index in [0.717, 1.165) is 30.9 Å². The van der Waals surface area contributed by atoms with Gasteiger partial charge >= 0.3 is 0 Å². The SMILES string of the molecule is CCCOc1cc(NC2CCCCC2C)nc(CCC)n1. The molecule has 1 aliphatic rings. The topological polar surface area (TPSA) is 47.0 Å². The van der Waals surface area contributed by atoms with Gasteiger partial charge in [-0.05, 0) is 31.6 Å². The van der Waals surface area contributed by atoms with Crippen molar-refractivity contribution in [2.24, 2.45) is 5.92 Å². The van der Waals surface area contributed by atoms with Crippen LogP contribution in [0.2, 0.25) is 0 Å². The molecular weight excluding hydrogens is 262 g/mol. The minimum absolute atomic E-state index is 0.530. The normalized spacial score (nSPS) is 22.0. The van der Waals surface area contributed by atoms with Crippen LogP contribution in [0.1, 0.15) is 65.1 Å². The van der Waals surface area contributed by atoms with Crippen molar-refractivity contribution in [2.75, 3.05) is 11.9 Å². The maximum atomic E-state index is 5.71. The average molecular weight is 291 g/mol. The van der Waals surface area contributed by atoms with Crippen LogP contribution in [0.5, 0.6) is 5.88 Å². The van der Waals surface area contributed by atoms with Gasteiger partial charge in [0.1, 0.15) is 11.6 Å². The maximum absolute atomic E-state index is 5.71. The summed E-state index contributed by atoms with van der Waals surface area (Å²) in [5.74, 6) is 3.24. The highest BCUT2D eigenvalue weighted by atomic mass is 16.5. The number of anilines is 1. The number of ether oxygens (including phenoxy) is 1. The molecule has 1 heterocycles. The van der Waals surface area contributed by atoms with Crippen molar-refractivity contribution in [2.45, 2.75) is 71.8 Å². The molecule has 118 valence electrons. The largest absolute Gasteiger partial charge is 0.478 e. The Labute approximate surface area is 128 Å². The minimum Gasteiger partial charge on any atom is -0.478 e. The van der Waals surface area contributed by atoms with Crippen molar-refractivity contribution in [3.8, 4) is 5.88 Å². The van der Waals surface area contributed by atoms with Crippen molar-refractivity contribution >= 4 is 5.82 Å². The molecule has 0 radical (unpaired) electrons. The fourth-order valence-electron chi connectivity index (χ4n) is 2.88. The van der Waals surface area contributed by atoms with Crippen LogP contribution >= 0.6 is 0 Å².